The molecular formula is C9H16O2. The molecule has 1 aliphatic rings. The molecule has 2 atom stereocenters. The molecule has 1 rings (SSSR count). The molecule has 0 heterocycles. The fourth-order valence-electron chi connectivity index (χ4n) is 1.07. The molecule has 1 fully saturated rings. The van der Waals surface area contributed by atoms with E-state index < -0.39 is 0 Å². The number of carbonyl (C=O) groups excluding carboxylic acids is 1. The third-order valence-electron chi connectivity index (χ3n) is 2.15. The van der Waals surface area contributed by atoms with Crippen molar-refractivity contribution in [3.63, 3.8) is 0 Å². The van der Waals surface area contributed by atoms with Crippen molar-refractivity contribution < 1.29 is 9.53 Å². The maximum Gasteiger partial charge on any atom is 0.309 e. The number of hydrogen-bond donors (Lipinski definition) is 0. The summed E-state index contributed by atoms with van der Waals surface area (Å²) in [4.78, 5) is 11.1. The Balaban J connectivity index is 2.03. The predicted octanol–water partition coefficient (Wildman–Crippen LogP) is 1.99. The maximum absolute atomic E-state index is 11.1. The van der Waals surface area contributed by atoms with Gasteiger partial charge in [-0.2, -0.15) is 0 Å². The lowest BCUT2D eigenvalue weighted by atomic mass is 10.3. The fourth-order valence-corrected chi connectivity index (χ4v) is 1.07. The number of hydrogen-bond acceptors (Lipinski definition) is 2. The third-order valence-corrected chi connectivity index (χ3v) is 2.15. The van der Waals surface area contributed by atoms with E-state index in [0.717, 1.165) is 19.3 Å². The second-order valence-corrected chi connectivity index (χ2v) is 3.34. The first-order chi connectivity index (χ1) is 5.25. The van der Waals surface area contributed by atoms with Gasteiger partial charge in [0.15, 0.2) is 0 Å². The first-order valence-corrected chi connectivity index (χ1v) is 4.42. The van der Waals surface area contributed by atoms with Crippen LogP contribution in [0.25, 0.3) is 0 Å². The Morgan fingerprint density at radius 2 is 2.27 bits per heavy atom. The van der Waals surface area contributed by atoms with E-state index in [1.54, 1.807) is 0 Å². The molecule has 1 saturated carbocycles. The number of rotatable bonds is 4. The van der Waals surface area contributed by atoms with Crippen molar-refractivity contribution in [2.45, 2.75) is 33.1 Å². The highest BCUT2D eigenvalue weighted by atomic mass is 16.5. The van der Waals surface area contributed by atoms with Crippen molar-refractivity contribution in [1.29, 1.82) is 0 Å². The average Bonchev–Trinajstić information content (AvgIpc) is 2.67. The molecule has 64 valence electrons. The third kappa shape index (κ3) is 2.52. The molecule has 1 aliphatic carbocycles. The highest BCUT2D eigenvalue weighted by Crippen LogP contribution is 2.38. The number of unbranched alkanes of at least 4 members (excludes halogenated alkanes) is 1. The van der Waals surface area contributed by atoms with Gasteiger partial charge in [0, 0.05) is 0 Å². The Morgan fingerprint density at radius 1 is 1.64 bits per heavy atom. The van der Waals surface area contributed by atoms with Crippen molar-refractivity contribution in [3.05, 3.63) is 0 Å². The average molecular weight is 156 g/mol. The molecule has 2 heteroatoms. The molecular weight excluding hydrogens is 140 g/mol. The van der Waals surface area contributed by atoms with Gasteiger partial charge in [-0.25, -0.2) is 0 Å². The normalized spacial score (nSPS) is 28.2. The van der Waals surface area contributed by atoms with Crippen LogP contribution in [0.15, 0.2) is 0 Å². The standard InChI is InChI=1S/C9H16O2/c1-3-4-5-11-9(10)8-6-7(8)2/h7-8H,3-6H2,1-2H3/t7-,8-/m1/s1. The molecule has 0 aromatic carbocycles. The zero-order valence-electron chi connectivity index (χ0n) is 7.30. The SMILES string of the molecule is CCCCOC(=O)[C@@H]1C[C@H]1C. The van der Waals surface area contributed by atoms with Gasteiger partial charge in [0.1, 0.15) is 0 Å². The lowest BCUT2D eigenvalue weighted by Gasteiger charge is -2.01. The molecule has 0 saturated heterocycles. The monoisotopic (exact) mass is 156 g/mol. The van der Waals surface area contributed by atoms with E-state index in [1.807, 2.05) is 0 Å². The first-order valence-electron chi connectivity index (χ1n) is 4.42. The van der Waals surface area contributed by atoms with Crippen LogP contribution in [-0.4, -0.2) is 12.6 Å². The zero-order chi connectivity index (χ0) is 8.27. The van der Waals surface area contributed by atoms with Gasteiger partial charge in [-0.15, -0.1) is 0 Å². The van der Waals surface area contributed by atoms with E-state index in [-0.39, 0.29) is 11.9 Å². The number of esters is 1. The Morgan fingerprint density at radius 3 is 2.73 bits per heavy atom. The van der Waals surface area contributed by atoms with E-state index in [9.17, 15) is 4.79 Å². The smallest absolute Gasteiger partial charge is 0.309 e. The predicted molar refractivity (Wildman–Crippen MR) is 43.1 cm³/mol. The maximum atomic E-state index is 11.1. The van der Waals surface area contributed by atoms with E-state index in [0.29, 0.717) is 12.5 Å². The van der Waals surface area contributed by atoms with Gasteiger partial charge in [-0.3, -0.25) is 4.79 Å². The lowest BCUT2D eigenvalue weighted by molar-refractivity contribution is -0.145. The Bertz CT molecular complexity index is 142. The lowest BCUT2D eigenvalue weighted by Crippen LogP contribution is -2.08. The van der Waals surface area contributed by atoms with Gasteiger partial charge in [-0.1, -0.05) is 20.3 Å². The molecule has 0 amide bonds. The van der Waals surface area contributed by atoms with Crippen LogP contribution in [0.1, 0.15) is 33.1 Å². The molecule has 11 heavy (non-hydrogen) atoms. The second kappa shape index (κ2) is 3.74. The van der Waals surface area contributed by atoms with E-state index in [2.05, 4.69) is 13.8 Å². The molecule has 0 aromatic rings. The van der Waals surface area contributed by atoms with Crippen molar-refractivity contribution in [2.24, 2.45) is 11.8 Å². The summed E-state index contributed by atoms with van der Waals surface area (Å²) < 4.78 is 5.04. The quantitative estimate of drug-likeness (QED) is 0.459. The minimum absolute atomic E-state index is 0.0194. The van der Waals surface area contributed by atoms with Crippen molar-refractivity contribution in [3.8, 4) is 0 Å². The van der Waals surface area contributed by atoms with Gasteiger partial charge < -0.3 is 4.74 Å². The summed E-state index contributed by atoms with van der Waals surface area (Å²) in [5.74, 6) is 0.821. The summed E-state index contributed by atoms with van der Waals surface area (Å²) in [5, 5.41) is 0. The van der Waals surface area contributed by atoms with E-state index in [1.165, 1.54) is 0 Å². The van der Waals surface area contributed by atoms with Gasteiger partial charge in [0.25, 0.3) is 0 Å². The molecule has 0 aromatic heterocycles. The van der Waals surface area contributed by atoms with Crippen LogP contribution < -0.4 is 0 Å². The summed E-state index contributed by atoms with van der Waals surface area (Å²) >= 11 is 0. The van der Waals surface area contributed by atoms with Crippen LogP contribution in [-0.2, 0) is 9.53 Å². The van der Waals surface area contributed by atoms with Crippen molar-refractivity contribution in [1.82, 2.24) is 0 Å². The van der Waals surface area contributed by atoms with Crippen LogP contribution in [0.2, 0.25) is 0 Å². The van der Waals surface area contributed by atoms with Gasteiger partial charge in [0.2, 0.25) is 0 Å². The van der Waals surface area contributed by atoms with E-state index in [4.69, 9.17) is 4.74 Å². The van der Waals surface area contributed by atoms with Crippen molar-refractivity contribution >= 4 is 5.97 Å². The molecule has 0 spiro atoms. The van der Waals surface area contributed by atoms with Crippen LogP contribution in [0, 0.1) is 11.8 Å². The Labute approximate surface area is 67.9 Å². The summed E-state index contributed by atoms with van der Waals surface area (Å²) in [6, 6.07) is 0. The van der Waals surface area contributed by atoms with Gasteiger partial charge >= 0.3 is 5.97 Å². The van der Waals surface area contributed by atoms with E-state index >= 15 is 0 Å². The highest BCUT2D eigenvalue weighted by Gasteiger charge is 2.40. The Hall–Kier alpha value is -0.530. The number of ether oxygens (including phenoxy) is 1. The molecule has 2 nitrogen and oxygen atoms in total. The molecule has 0 radical (unpaired) electrons. The van der Waals surface area contributed by atoms with Crippen molar-refractivity contribution in [2.75, 3.05) is 6.61 Å². The summed E-state index contributed by atoms with van der Waals surface area (Å²) in [5.41, 5.74) is 0. The molecule has 0 N–H and O–H groups in total. The highest BCUT2D eigenvalue weighted by molar-refractivity contribution is 5.75. The summed E-state index contributed by atoms with van der Waals surface area (Å²) in [7, 11) is 0. The van der Waals surface area contributed by atoms with Gasteiger partial charge in [0.05, 0.1) is 12.5 Å². The van der Waals surface area contributed by atoms with Crippen LogP contribution in [0.3, 0.4) is 0 Å². The topological polar surface area (TPSA) is 26.3 Å². The molecule has 0 unspecified atom stereocenters. The second-order valence-electron chi connectivity index (χ2n) is 3.34. The summed E-state index contributed by atoms with van der Waals surface area (Å²) in [6.45, 7) is 4.79. The largest absolute Gasteiger partial charge is 0.465 e. The molecule has 0 bridgehead atoms. The first kappa shape index (κ1) is 8.57. The van der Waals surface area contributed by atoms with Crippen LogP contribution in [0.4, 0.5) is 0 Å². The molecule has 0 aliphatic heterocycles. The number of carbonyl (C=O) groups is 1. The minimum Gasteiger partial charge on any atom is -0.465 e. The van der Waals surface area contributed by atoms with Crippen LogP contribution in [0.5, 0.6) is 0 Å². The minimum atomic E-state index is 0.0194. The summed E-state index contributed by atoms with van der Waals surface area (Å²) in [6.07, 6.45) is 3.12. The Kier molecular flexibility index (Phi) is 2.92. The van der Waals surface area contributed by atoms with Crippen LogP contribution >= 0.6 is 0 Å². The zero-order valence-corrected chi connectivity index (χ0v) is 7.30. The fraction of sp³-hybridized carbons (Fsp3) is 0.889. The van der Waals surface area contributed by atoms with Gasteiger partial charge in [-0.05, 0) is 18.8 Å².